The highest BCUT2D eigenvalue weighted by atomic mass is 79.9. The average molecular weight is 362 g/mol. The second-order valence-corrected chi connectivity index (χ2v) is 7.68. The summed E-state index contributed by atoms with van der Waals surface area (Å²) in [5, 5.41) is 5.01. The molecule has 1 N–H and O–H groups in total. The van der Waals surface area contributed by atoms with Crippen LogP contribution in [0.4, 0.5) is 0 Å². The van der Waals surface area contributed by atoms with Crippen LogP contribution in [0.1, 0.15) is 6.92 Å². The van der Waals surface area contributed by atoms with Crippen LogP contribution in [0, 0.1) is 0 Å². The second kappa shape index (κ2) is 5.99. The van der Waals surface area contributed by atoms with Gasteiger partial charge in [-0.1, -0.05) is 0 Å². The molecular weight excluding hydrogens is 348 g/mol. The number of nitrogens with zero attached hydrogens (tertiary/aromatic N) is 1. The molecule has 0 saturated carbocycles. The van der Waals surface area contributed by atoms with Gasteiger partial charge in [0.1, 0.15) is 4.21 Å². The molecule has 1 saturated heterocycles. The van der Waals surface area contributed by atoms with Crippen LogP contribution in [-0.2, 0) is 10.0 Å². The van der Waals surface area contributed by atoms with Crippen molar-refractivity contribution in [1.29, 1.82) is 0 Å². The average Bonchev–Trinajstić information content (AvgIpc) is 2.65. The molecule has 2 heterocycles. The number of thiophene rings is 1. The monoisotopic (exact) mass is 360 g/mol. The predicted octanol–water partition coefficient (Wildman–Crippen LogP) is 1.91. The molecule has 0 unspecified atom stereocenters. The summed E-state index contributed by atoms with van der Waals surface area (Å²) >= 11 is 4.53. The van der Waals surface area contributed by atoms with E-state index in [-0.39, 0.29) is 18.4 Å². The van der Waals surface area contributed by atoms with Gasteiger partial charge in [0, 0.05) is 30.1 Å². The van der Waals surface area contributed by atoms with Crippen molar-refractivity contribution in [2.45, 2.75) is 17.2 Å². The molecule has 1 fully saturated rings. The van der Waals surface area contributed by atoms with E-state index in [4.69, 9.17) is 0 Å². The van der Waals surface area contributed by atoms with Crippen LogP contribution in [0.15, 0.2) is 20.1 Å². The number of piperazine rings is 1. The van der Waals surface area contributed by atoms with E-state index in [9.17, 15) is 8.42 Å². The SMILES string of the molecule is C[C@@H]1CN(S(=O)(=O)c2sccc2Br)CCN1.Cl. The highest BCUT2D eigenvalue weighted by molar-refractivity contribution is 9.10. The van der Waals surface area contributed by atoms with Gasteiger partial charge in [0.05, 0.1) is 0 Å². The molecule has 17 heavy (non-hydrogen) atoms. The Morgan fingerprint density at radius 1 is 1.59 bits per heavy atom. The highest BCUT2D eigenvalue weighted by Gasteiger charge is 2.30. The smallest absolute Gasteiger partial charge is 0.253 e. The molecule has 0 amide bonds. The third kappa shape index (κ3) is 3.21. The molecule has 1 atom stereocenters. The lowest BCUT2D eigenvalue weighted by atomic mass is 10.3. The molecule has 1 aliphatic heterocycles. The first-order chi connectivity index (χ1) is 7.51. The lowest BCUT2D eigenvalue weighted by molar-refractivity contribution is 0.310. The van der Waals surface area contributed by atoms with Crippen LogP contribution in [-0.4, -0.2) is 38.4 Å². The Morgan fingerprint density at radius 2 is 2.29 bits per heavy atom. The van der Waals surface area contributed by atoms with Gasteiger partial charge in [-0.25, -0.2) is 8.42 Å². The normalized spacial score (nSPS) is 22.1. The van der Waals surface area contributed by atoms with E-state index in [1.54, 1.807) is 15.8 Å². The van der Waals surface area contributed by atoms with Gasteiger partial charge < -0.3 is 5.32 Å². The number of sulfonamides is 1. The van der Waals surface area contributed by atoms with E-state index < -0.39 is 10.0 Å². The third-order valence-corrected chi connectivity index (χ3v) is 7.00. The Balaban J connectivity index is 0.00000144. The van der Waals surface area contributed by atoms with E-state index in [2.05, 4.69) is 21.2 Å². The molecule has 0 aromatic carbocycles. The molecule has 1 aromatic rings. The van der Waals surface area contributed by atoms with Crippen LogP contribution < -0.4 is 5.32 Å². The topological polar surface area (TPSA) is 49.4 Å². The Morgan fingerprint density at radius 3 is 2.82 bits per heavy atom. The number of hydrogen-bond acceptors (Lipinski definition) is 4. The summed E-state index contributed by atoms with van der Waals surface area (Å²) in [7, 11) is -3.32. The van der Waals surface area contributed by atoms with Crippen molar-refractivity contribution in [3.05, 3.63) is 15.9 Å². The zero-order valence-corrected chi connectivity index (χ0v) is 13.3. The summed E-state index contributed by atoms with van der Waals surface area (Å²) in [6.07, 6.45) is 0. The first-order valence-corrected chi connectivity index (χ1v) is 8.09. The molecule has 8 heteroatoms. The highest BCUT2D eigenvalue weighted by Crippen LogP contribution is 2.30. The van der Waals surface area contributed by atoms with Gasteiger partial charge in [0.2, 0.25) is 0 Å². The van der Waals surface area contributed by atoms with Crippen LogP contribution in [0.2, 0.25) is 0 Å². The van der Waals surface area contributed by atoms with Crippen molar-refractivity contribution < 1.29 is 8.42 Å². The van der Waals surface area contributed by atoms with E-state index >= 15 is 0 Å². The van der Waals surface area contributed by atoms with E-state index in [0.29, 0.717) is 28.3 Å². The van der Waals surface area contributed by atoms with Gasteiger partial charge in [-0.05, 0) is 34.3 Å². The minimum atomic E-state index is -3.32. The fourth-order valence-electron chi connectivity index (χ4n) is 1.70. The number of halogens is 2. The molecule has 0 aliphatic carbocycles. The summed E-state index contributed by atoms with van der Waals surface area (Å²) in [6, 6.07) is 1.98. The van der Waals surface area contributed by atoms with Crippen LogP contribution in [0.3, 0.4) is 0 Å². The van der Waals surface area contributed by atoms with Crippen molar-refractivity contribution in [1.82, 2.24) is 9.62 Å². The van der Waals surface area contributed by atoms with E-state index in [0.717, 1.165) is 0 Å². The molecule has 1 aromatic heterocycles. The number of hydrogen-bond donors (Lipinski definition) is 1. The lowest BCUT2D eigenvalue weighted by Crippen LogP contribution is -2.51. The summed E-state index contributed by atoms with van der Waals surface area (Å²) < 4.78 is 27.2. The maximum atomic E-state index is 12.3. The molecule has 0 spiro atoms. The first-order valence-electron chi connectivity index (χ1n) is 4.98. The molecule has 0 radical (unpaired) electrons. The molecule has 98 valence electrons. The summed E-state index contributed by atoms with van der Waals surface area (Å²) in [5.74, 6) is 0. The van der Waals surface area contributed by atoms with Gasteiger partial charge in [0.25, 0.3) is 10.0 Å². The van der Waals surface area contributed by atoms with Gasteiger partial charge in [-0.2, -0.15) is 4.31 Å². The standard InChI is InChI=1S/C9H13BrN2O2S2.ClH/c1-7-6-12(4-3-11-7)16(13,14)9-8(10)2-5-15-9;/h2,5,7,11H,3-4,6H2,1H3;1H/t7-;/m1./s1. The maximum absolute atomic E-state index is 12.3. The van der Waals surface area contributed by atoms with Crippen molar-refractivity contribution >= 4 is 49.7 Å². The van der Waals surface area contributed by atoms with Crippen molar-refractivity contribution in [2.24, 2.45) is 0 Å². The largest absolute Gasteiger partial charge is 0.312 e. The van der Waals surface area contributed by atoms with E-state index in [1.165, 1.54) is 11.3 Å². The second-order valence-electron chi connectivity index (χ2n) is 3.77. The van der Waals surface area contributed by atoms with E-state index in [1.807, 2.05) is 6.92 Å². The molecule has 0 bridgehead atoms. The van der Waals surface area contributed by atoms with Crippen molar-refractivity contribution in [3.63, 3.8) is 0 Å². The molecular formula is C9H14BrClN2O2S2. The summed E-state index contributed by atoms with van der Waals surface area (Å²) in [6.45, 7) is 3.78. The van der Waals surface area contributed by atoms with Crippen LogP contribution in [0.5, 0.6) is 0 Å². The predicted molar refractivity (Wildman–Crippen MR) is 75.5 cm³/mol. The number of rotatable bonds is 2. The van der Waals surface area contributed by atoms with Crippen molar-refractivity contribution in [2.75, 3.05) is 19.6 Å². The fourth-order valence-corrected chi connectivity index (χ4v) is 5.68. The van der Waals surface area contributed by atoms with Gasteiger partial charge >= 0.3 is 0 Å². The van der Waals surface area contributed by atoms with Crippen molar-refractivity contribution in [3.8, 4) is 0 Å². The Labute approximate surface area is 120 Å². The number of nitrogens with one attached hydrogen (secondary N) is 1. The molecule has 2 rings (SSSR count). The van der Waals surface area contributed by atoms with Crippen LogP contribution in [0.25, 0.3) is 0 Å². The maximum Gasteiger partial charge on any atom is 0.253 e. The zero-order chi connectivity index (χ0) is 11.8. The van der Waals surface area contributed by atoms with Gasteiger partial charge in [-0.3, -0.25) is 0 Å². The molecule has 4 nitrogen and oxygen atoms in total. The Hall–Kier alpha value is 0.340. The zero-order valence-electron chi connectivity index (χ0n) is 9.22. The lowest BCUT2D eigenvalue weighted by Gasteiger charge is -2.30. The van der Waals surface area contributed by atoms with Gasteiger partial charge in [-0.15, -0.1) is 23.7 Å². The minimum absolute atomic E-state index is 0. The van der Waals surface area contributed by atoms with Gasteiger partial charge in [0.15, 0.2) is 0 Å². The Bertz CT molecular complexity index is 477. The summed E-state index contributed by atoms with van der Waals surface area (Å²) in [4.78, 5) is 0. The first kappa shape index (κ1) is 15.4. The minimum Gasteiger partial charge on any atom is -0.312 e. The molecule has 1 aliphatic rings. The fraction of sp³-hybridized carbons (Fsp3) is 0.556. The van der Waals surface area contributed by atoms with Crippen LogP contribution >= 0.6 is 39.7 Å². The Kier molecular flexibility index (Phi) is 5.42. The quantitative estimate of drug-likeness (QED) is 0.875. The third-order valence-electron chi connectivity index (χ3n) is 2.49. The summed E-state index contributed by atoms with van der Waals surface area (Å²) in [5.41, 5.74) is 0.